The fourth-order valence-corrected chi connectivity index (χ4v) is 3.85. The number of carbonyl (C=O) groups excluding carboxylic acids is 3. The second kappa shape index (κ2) is 6.42. The number of ketones is 2. The zero-order chi connectivity index (χ0) is 19.2. The molecule has 3 rings (SSSR count). The van der Waals surface area contributed by atoms with Crippen molar-refractivity contribution in [1.82, 2.24) is 0 Å². The van der Waals surface area contributed by atoms with E-state index in [1.54, 1.807) is 18.2 Å². The van der Waals surface area contributed by atoms with E-state index in [1.807, 2.05) is 0 Å². The summed E-state index contributed by atoms with van der Waals surface area (Å²) in [6.45, 7) is 0. The second-order valence-electron chi connectivity index (χ2n) is 5.70. The minimum Gasteiger partial charge on any atom is -0.314 e. The van der Waals surface area contributed by atoms with Crippen LogP contribution in [-0.2, 0) is 14.9 Å². The summed E-state index contributed by atoms with van der Waals surface area (Å²) in [5.74, 6) is -2.89. The zero-order valence-electron chi connectivity index (χ0n) is 13.4. The Kier molecular flexibility index (Phi) is 4.55. The quantitative estimate of drug-likeness (QED) is 0.628. The topological polar surface area (TPSA) is 109 Å². The SMILES string of the molecule is CN(C(=O)CS(=O)(=O)O)c1ccc(Br)c2c1C(=O)c1ccccc1C2=O. The maximum atomic E-state index is 13.0. The highest BCUT2D eigenvalue weighted by Crippen LogP contribution is 2.37. The summed E-state index contributed by atoms with van der Waals surface area (Å²) in [5, 5.41) is 0. The van der Waals surface area contributed by atoms with Crippen LogP contribution in [0.5, 0.6) is 0 Å². The molecule has 134 valence electrons. The predicted octanol–water partition coefficient (Wildman–Crippen LogP) is 2.08. The van der Waals surface area contributed by atoms with E-state index in [0.29, 0.717) is 4.47 Å². The molecule has 0 saturated heterocycles. The Morgan fingerprint density at radius 3 is 2.12 bits per heavy atom. The number of hydrogen-bond donors (Lipinski definition) is 1. The summed E-state index contributed by atoms with van der Waals surface area (Å²) < 4.78 is 31.2. The lowest BCUT2D eigenvalue weighted by atomic mass is 9.83. The minimum absolute atomic E-state index is 0.00858. The number of benzene rings is 2. The predicted molar refractivity (Wildman–Crippen MR) is 97.3 cm³/mol. The molecule has 1 aliphatic carbocycles. The van der Waals surface area contributed by atoms with Crippen LogP contribution in [0.1, 0.15) is 31.8 Å². The lowest BCUT2D eigenvalue weighted by molar-refractivity contribution is -0.116. The normalized spacial score (nSPS) is 13.2. The molecule has 26 heavy (non-hydrogen) atoms. The zero-order valence-corrected chi connectivity index (χ0v) is 15.8. The van der Waals surface area contributed by atoms with Crippen LogP contribution in [-0.4, -0.2) is 43.2 Å². The Bertz CT molecular complexity index is 1080. The molecule has 0 bridgehead atoms. The van der Waals surface area contributed by atoms with Gasteiger partial charge in [-0.3, -0.25) is 18.9 Å². The van der Waals surface area contributed by atoms with Crippen molar-refractivity contribution >= 4 is 49.2 Å². The fraction of sp³-hybridized carbons (Fsp3) is 0.118. The highest BCUT2D eigenvalue weighted by atomic mass is 79.9. The number of nitrogens with zero attached hydrogens (tertiary/aromatic N) is 1. The van der Waals surface area contributed by atoms with Crippen LogP contribution in [0.4, 0.5) is 5.69 Å². The van der Waals surface area contributed by atoms with Crippen molar-refractivity contribution in [3.8, 4) is 0 Å². The van der Waals surface area contributed by atoms with Crippen LogP contribution < -0.4 is 4.90 Å². The van der Waals surface area contributed by atoms with Gasteiger partial charge in [0.1, 0.15) is 0 Å². The lowest BCUT2D eigenvalue weighted by Crippen LogP contribution is -2.34. The van der Waals surface area contributed by atoms with Crippen LogP contribution in [0, 0.1) is 0 Å². The van der Waals surface area contributed by atoms with Crippen LogP contribution in [0.25, 0.3) is 0 Å². The molecule has 0 spiro atoms. The molecule has 0 aliphatic heterocycles. The van der Waals surface area contributed by atoms with Gasteiger partial charge in [-0.15, -0.1) is 0 Å². The molecule has 0 radical (unpaired) electrons. The van der Waals surface area contributed by atoms with Gasteiger partial charge in [0, 0.05) is 22.6 Å². The first kappa shape index (κ1) is 18.4. The van der Waals surface area contributed by atoms with Gasteiger partial charge in [0.15, 0.2) is 17.3 Å². The third-order valence-electron chi connectivity index (χ3n) is 4.04. The summed E-state index contributed by atoms with van der Waals surface area (Å²) in [6, 6.07) is 9.27. The maximum Gasteiger partial charge on any atom is 0.274 e. The molecule has 1 amide bonds. The first-order chi connectivity index (χ1) is 12.1. The van der Waals surface area contributed by atoms with Gasteiger partial charge in [-0.05, 0) is 12.1 Å². The van der Waals surface area contributed by atoms with Gasteiger partial charge < -0.3 is 4.90 Å². The van der Waals surface area contributed by atoms with Gasteiger partial charge in [-0.2, -0.15) is 8.42 Å². The van der Waals surface area contributed by atoms with E-state index in [-0.39, 0.29) is 33.7 Å². The largest absolute Gasteiger partial charge is 0.314 e. The highest BCUT2D eigenvalue weighted by Gasteiger charge is 2.35. The van der Waals surface area contributed by atoms with Crippen LogP contribution >= 0.6 is 15.9 Å². The molecule has 0 unspecified atom stereocenters. The molecule has 2 aromatic rings. The molecular formula is C17H12BrNO6S. The molecule has 0 aromatic heterocycles. The third kappa shape index (κ3) is 3.09. The van der Waals surface area contributed by atoms with Crippen LogP contribution in [0.15, 0.2) is 40.9 Å². The number of hydrogen-bond acceptors (Lipinski definition) is 5. The summed E-state index contributed by atoms with van der Waals surface area (Å²) in [4.78, 5) is 38.9. The Hall–Kier alpha value is -2.36. The Balaban J connectivity index is 2.19. The van der Waals surface area contributed by atoms with Gasteiger partial charge >= 0.3 is 0 Å². The second-order valence-corrected chi connectivity index (χ2v) is 8.01. The fourth-order valence-electron chi connectivity index (χ4n) is 2.83. The highest BCUT2D eigenvalue weighted by molar-refractivity contribution is 9.10. The number of halogens is 1. The van der Waals surface area contributed by atoms with E-state index >= 15 is 0 Å². The number of amides is 1. The average Bonchev–Trinajstić information content (AvgIpc) is 2.57. The van der Waals surface area contributed by atoms with E-state index in [4.69, 9.17) is 4.55 Å². The van der Waals surface area contributed by atoms with Crippen molar-refractivity contribution in [2.75, 3.05) is 17.7 Å². The average molecular weight is 438 g/mol. The third-order valence-corrected chi connectivity index (χ3v) is 5.32. The van der Waals surface area contributed by atoms with Crippen molar-refractivity contribution < 1.29 is 27.4 Å². The van der Waals surface area contributed by atoms with E-state index in [1.165, 1.54) is 25.2 Å². The standard InChI is InChI=1S/C17H12BrNO6S/c1-19(13(20)8-26(23,24)25)12-7-6-11(18)14-15(12)17(22)10-5-3-2-4-9(10)16(14)21/h2-7H,8H2,1H3,(H,23,24,25). The van der Waals surface area contributed by atoms with Crippen LogP contribution in [0.3, 0.4) is 0 Å². The molecule has 7 nitrogen and oxygen atoms in total. The Labute approximate surface area is 157 Å². The smallest absolute Gasteiger partial charge is 0.274 e. The number of anilines is 1. The van der Waals surface area contributed by atoms with Gasteiger partial charge in [0.25, 0.3) is 10.1 Å². The molecule has 0 heterocycles. The molecule has 0 saturated carbocycles. The van der Waals surface area contributed by atoms with Gasteiger partial charge in [0.2, 0.25) is 5.91 Å². The van der Waals surface area contributed by atoms with Crippen LogP contribution in [0.2, 0.25) is 0 Å². The molecule has 0 fully saturated rings. The first-order valence-electron chi connectivity index (χ1n) is 7.34. The van der Waals surface area contributed by atoms with Crippen molar-refractivity contribution in [1.29, 1.82) is 0 Å². The molecule has 1 N–H and O–H groups in total. The molecule has 2 aromatic carbocycles. The lowest BCUT2D eigenvalue weighted by Gasteiger charge is -2.25. The first-order valence-corrected chi connectivity index (χ1v) is 9.74. The number of rotatable bonds is 3. The van der Waals surface area contributed by atoms with Crippen molar-refractivity contribution in [3.63, 3.8) is 0 Å². The molecule has 0 atom stereocenters. The van der Waals surface area contributed by atoms with Crippen molar-refractivity contribution in [2.45, 2.75) is 0 Å². The summed E-state index contributed by atoms with van der Waals surface area (Å²) in [6.07, 6.45) is 0. The van der Waals surface area contributed by atoms with E-state index < -0.39 is 27.6 Å². The minimum atomic E-state index is -4.53. The van der Waals surface area contributed by atoms with E-state index in [2.05, 4.69) is 15.9 Å². The monoisotopic (exact) mass is 437 g/mol. The van der Waals surface area contributed by atoms with Gasteiger partial charge in [0.05, 0.1) is 16.8 Å². The summed E-state index contributed by atoms with van der Waals surface area (Å²) in [5.41, 5.74) is 0.673. The van der Waals surface area contributed by atoms with Crippen molar-refractivity contribution in [3.05, 3.63) is 63.1 Å². The maximum absolute atomic E-state index is 13.0. The Morgan fingerprint density at radius 2 is 1.58 bits per heavy atom. The molecule has 9 heteroatoms. The number of carbonyl (C=O) groups is 3. The van der Waals surface area contributed by atoms with Gasteiger partial charge in [-0.25, -0.2) is 0 Å². The molecular weight excluding hydrogens is 426 g/mol. The van der Waals surface area contributed by atoms with Crippen molar-refractivity contribution in [2.24, 2.45) is 0 Å². The van der Waals surface area contributed by atoms with E-state index in [9.17, 15) is 22.8 Å². The number of fused-ring (bicyclic) bond motifs is 2. The van der Waals surface area contributed by atoms with Gasteiger partial charge in [-0.1, -0.05) is 40.2 Å². The Morgan fingerprint density at radius 1 is 1.04 bits per heavy atom. The summed E-state index contributed by atoms with van der Waals surface area (Å²) >= 11 is 3.26. The summed E-state index contributed by atoms with van der Waals surface area (Å²) in [7, 11) is -3.26. The molecule has 1 aliphatic rings. The van der Waals surface area contributed by atoms with E-state index in [0.717, 1.165) is 4.90 Å².